The van der Waals surface area contributed by atoms with Crippen molar-refractivity contribution in [2.75, 3.05) is 11.9 Å². The van der Waals surface area contributed by atoms with E-state index in [9.17, 15) is 9.59 Å². The Morgan fingerprint density at radius 3 is 2.46 bits per heavy atom. The molecule has 0 radical (unpaired) electrons. The van der Waals surface area contributed by atoms with Crippen molar-refractivity contribution in [3.63, 3.8) is 0 Å². The van der Waals surface area contributed by atoms with E-state index in [0.29, 0.717) is 23.1 Å². The smallest absolute Gasteiger partial charge is 0.329 e. The molecule has 0 atom stereocenters. The van der Waals surface area contributed by atoms with E-state index < -0.39 is 11.8 Å². The molecule has 0 aliphatic rings. The van der Waals surface area contributed by atoms with Crippen LogP contribution < -0.4 is 15.5 Å². The molecule has 134 valence electrons. The Balaban J connectivity index is 1.86. The number of hydrazone groups is 1. The molecule has 2 aromatic rings. The minimum Gasteiger partial charge on any atom is -0.490 e. The zero-order chi connectivity index (χ0) is 18.9. The average molecular weight is 392 g/mol. The van der Waals surface area contributed by atoms with E-state index in [2.05, 4.69) is 22.4 Å². The zero-order valence-electron chi connectivity index (χ0n) is 13.5. The molecule has 0 fully saturated rings. The summed E-state index contributed by atoms with van der Waals surface area (Å²) in [4.78, 5) is 23.5. The second-order valence-corrected chi connectivity index (χ2v) is 5.77. The summed E-state index contributed by atoms with van der Waals surface area (Å²) in [6, 6.07) is 11.5. The Morgan fingerprint density at radius 2 is 1.81 bits per heavy atom. The highest BCUT2D eigenvalue weighted by atomic mass is 35.5. The third kappa shape index (κ3) is 5.91. The van der Waals surface area contributed by atoms with Gasteiger partial charge in [0.1, 0.15) is 12.4 Å². The summed E-state index contributed by atoms with van der Waals surface area (Å²) in [6.07, 6.45) is 3.05. The van der Waals surface area contributed by atoms with Crippen LogP contribution in [0, 0.1) is 0 Å². The third-order valence-corrected chi connectivity index (χ3v) is 3.75. The molecule has 6 nitrogen and oxygen atoms in total. The van der Waals surface area contributed by atoms with E-state index in [-0.39, 0.29) is 5.02 Å². The number of carbonyl (C=O) groups is 2. The van der Waals surface area contributed by atoms with Gasteiger partial charge < -0.3 is 10.1 Å². The SMILES string of the molecule is C=CCOc1ccc(/C=N/NC(=O)C(=O)Nc2ccc(Cl)c(Cl)c2)cc1. The molecule has 0 saturated carbocycles. The maximum Gasteiger partial charge on any atom is 0.329 e. The van der Waals surface area contributed by atoms with E-state index in [1.54, 1.807) is 30.3 Å². The highest BCUT2D eigenvalue weighted by Gasteiger charge is 2.13. The van der Waals surface area contributed by atoms with Crippen LogP contribution in [0.15, 0.2) is 60.2 Å². The van der Waals surface area contributed by atoms with E-state index in [4.69, 9.17) is 27.9 Å². The topological polar surface area (TPSA) is 79.8 Å². The van der Waals surface area contributed by atoms with Gasteiger partial charge in [0.2, 0.25) is 0 Å². The highest BCUT2D eigenvalue weighted by Crippen LogP contribution is 2.24. The van der Waals surface area contributed by atoms with Crippen LogP contribution in [0.2, 0.25) is 10.0 Å². The summed E-state index contributed by atoms with van der Waals surface area (Å²) in [5.74, 6) is -1.11. The van der Waals surface area contributed by atoms with Gasteiger partial charge in [-0.1, -0.05) is 35.9 Å². The minimum atomic E-state index is -0.918. The van der Waals surface area contributed by atoms with Crippen LogP contribution >= 0.6 is 23.2 Å². The Morgan fingerprint density at radius 1 is 1.08 bits per heavy atom. The summed E-state index contributed by atoms with van der Waals surface area (Å²) in [5.41, 5.74) is 3.21. The summed E-state index contributed by atoms with van der Waals surface area (Å²) >= 11 is 11.6. The lowest BCUT2D eigenvalue weighted by Crippen LogP contribution is -2.32. The van der Waals surface area contributed by atoms with Crippen molar-refractivity contribution >= 4 is 46.9 Å². The molecule has 26 heavy (non-hydrogen) atoms. The summed E-state index contributed by atoms with van der Waals surface area (Å²) in [7, 11) is 0. The van der Waals surface area contributed by atoms with Crippen molar-refractivity contribution in [2.45, 2.75) is 0 Å². The van der Waals surface area contributed by atoms with Gasteiger partial charge in [0, 0.05) is 5.69 Å². The molecule has 2 aromatic carbocycles. The van der Waals surface area contributed by atoms with E-state index in [1.807, 2.05) is 0 Å². The van der Waals surface area contributed by atoms with Gasteiger partial charge in [-0.05, 0) is 48.0 Å². The van der Waals surface area contributed by atoms with E-state index >= 15 is 0 Å². The van der Waals surface area contributed by atoms with Gasteiger partial charge in [0.15, 0.2) is 0 Å². The Kier molecular flexibility index (Phi) is 7.20. The molecule has 0 unspecified atom stereocenters. The predicted molar refractivity (Wildman–Crippen MR) is 103 cm³/mol. The van der Waals surface area contributed by atoms with E-state index in [1.165, 1.54) is 24.4 Å². The van der Waals surface area contributed by atoms with Gasteiger partial charge in [0.25, 0.3) is 0 Å². The monoisotopic (exact) mass is 391 g/mol. The van der Waals surface area contributed by atoms with E-state index in [0.717, 1.165) is 5.56 Å². The quantitative estimate of drug-likeness (QED) is 0.341. The first-order valence-corrected chi connectivity index (χ1v) is 8.18. The number of halogens is 2. The second kappa shape index (κ2) is 9.60. The highest BCUT2D eigenvalue weighted by molar-refractivity contribution is 6.42. The molecule has 8 heteroatoms. The molecule has 0 spiro atoms. The van der Waals surface area contributed by atoms with Gasteiger partial charge in [-0.2, -0.15) is 5.10 Å². The molecule has 0 bridgehead atoms. The molecular weight excluding hydrogens is 377 g/mol. The lowest BCUT2D eigenvalue weighted by Gasteiger charge is -2.05. The third-order valence-electron chi connectivity index (χ3n) is 3.01. The number of nitrogens with one attached hydrogen (secondary N) is 2. The van der Waals surface area contributed by atoms with Gasteiger partial charge in [-0.15, -0.1) is 0 Å². The fourth-order valence-corrected chi connectivity index (χ4v) is 2.08. The predicted octanol–water partition coefficient (Wildman–Crippen LogP) is 3.65. The molecule has 0 heterocycles. The van der Waals surface area contributed by atoms with Crippen molar-refractivity contribution in [3.8, 4) is 5.75 Å². The molecule has 0 aromatic heterocycles. The summed E-state index contributed by atoms with van der Waals surface area (Å²) < 4.78 is 5.35. The molecule has 2 rings (SSSR count). The van der Waals surface area contributed by atoms with Gasteiger partial charge in [-0.25, -0.2) is 5.43 Å². The second-order valence-electron chi connectivity index (χ2n) is 4.95. The fourth-order valence-electron chi connectivity index (χ4n) is 1.78. The van der Waals surface area contributed by atoms with Crippen molar-refractivity contribution in [1.82, 2.24) is 5.43 Å². The average Bonchev–Trinajstić information content (AvgIpc) is 2.64. The van der Waals surface area contributed by atoms with Gasteiger partial charge in [0.05, 0.1) is 16.3 Å². The Labute approximate surface area is 160 Å². The normalized spacial score (nSPS) is 10.4. The number of amides is 2. The zero-order valence-corrected chi connectivity index (χ0v) is 15.1. The van der Waals surface area contributed by atoms with Gasteiger partial charge >= 0.3 is 11.8 Å². The van der Waals surface area contributed by atoms with Crippen LogP contribution in [0.4, 0.5) is 5.69 Å². The van der Waals surface area contributed by atoms with Crippen molar-refractivity contribution < 1.29 is 14.3 Å². The molecule has 0 aliphatic heterocycles. The minimum absolute atomic E-state index is 0.267. The number of hydrogen-bond donors (Lipinski definition) is 2. The Hall–Kier alpha value is -2.83. The van der Waals surface area contributed by atoms with Crippen molar-refractivity contribution in [2.24, 2.45) is 5.10 Å². The van der Waals surface area contributed by atoms with Crippen LogP contribution in [-0.4, -0.2) is 24.6 Å². The number of hydrogen-bond acceptors (Lipinski definition) is 4. The molecular formula is C18H15Cl2N3O3. The first-order valence-electron chi connectivity index (χ1n) is 7.43. The molecule has 0 saturated heterocycles. The number of ether oxygens (including phenoxy) is 1. The molecule has 0 aliphatic carbocycles. The van der Waals surface area contributed by atoms with Crippen LogP contribution in [0.25, 0.3) is 0 Å². The number of benzene rings is 2. The number of nitrogens with zero attached hydrogens (tertiary/aromatic N) is 1. The molecule has 2 N–H and O–H groups in total. The maximum absolute atomic E-state index is 11.8. The number of carbonyl (C=O) groups excluding carboxylic acids is 2. The first-order chi connectivity index (χ1) is 12.5. The van der Waals surface area contributed by atoms with Crippen LogP contribution in [-0.2, 0) is 9.59 Å². The van der Waals surface area contributed by atoms with Crippen molar-refractivity contribution in [3.05, 3.63) is 70.7 Å². The standard InChI is InChI=1S/C18H15Cl2N3O3/c1-2-9-26-14-6-3-12(4-7-14)11-21-23-18(25)17(24)22-13-5-8-15(19)16(20)10-13/h2-8,10-11H,1,9H2,(H,22,24)(H,23,25)/b21-11+. The van der Waals surface area contributed by atoms with Crippen LogP contribution in [0.1, 0.15) is 5.56 Å². The Bertz CT molecular complexity index is 836. The first kappa shape index (κ1) is 19.5. The molecule has 2 amide bonds. The lowest BCUT2D eigenvalue weighted by atomic mass is 10.2. The fraction of sp³-hybridized carbons (Fsp3) is 0.0556. The summed E-state index contributed by atoms with van der Waals surface area (Å²) in [6.45, 7) is 3.98. The maximum atomic E-state index is 11.8. The van der Waals surface area contributed by atoms with Crippen molar-refractivity contribution in [1.29, 1.82) is 0 Å². The number of rotatable bonds is 6. The largest absolute Gasteiger partial charge is 0.490 e. The van der Waals surface area contributed by atoms with Crippen LogP contribution in [0.5, 0.6) is 5.75 Å². The lowest BCUT2D eigenvalue weighted by molar-refractivity contribution is -0.136. The summed E-state index contributed by atoms with van der Waals surface area (Å²) in [5, 5.41) is 6.74. The van der Waals surface area contributed by atoms with Crippen LogP contribution in [0.3, 0.4) is 0 Å². The van der Waals surface area contributed by atoms with Gasteiger partial charge in [-0.3, -0.25) is 9.59 Å². The number of anilines is 1.